The summed E-state index contributed by atoms with van der Waals surface area (Å²) in [5.41, 5.74) is 1.21. The van der Waals surface area contributed by atoms with Crippen LogP contribution in [0.15, 0.2) is 36.4 Å². The minimum absolute atomic E-state index is 0.0353. The van der Waals surface area contributed by atoms with Crippen molar-refractivity contribution >= 4 is 5.78 Å². The molecule has 0 aliphatic carbocycles. The van der Waals surface area contributed by atoms with Crippen LogP contribution in [0.4, 0.5) is 0 Å². The number of allylic oxidation sites excluding steroid dienone is 1. The van der Waals surface area contributed by atoms with E-state index in [1.807, 2.05) is 6.92 Å². The molecular weight excluding hydrogens is 176 g/mol. The Morgan fingerprint density at radius 2 is 1.93 bits per heavy atom. The summed E-state index contributed by atoms with van der Waals surface area (Å²) < 4.78 is 0. The lowest BCUT2D eigenvalue weighted by molar-refractivity contribution is 0.103. The van der Waals surface area contributed by atoms with Gasteiger partial charge in [-0.15, -0.1) is 0 Å². The van der Waals surface area contributed by atoms with E-state index in [4.69, 9.17) is 5.11 Å². The van der Waals surface area contributed by atoms with E-state index >= 15 is 0 Å². The van der Waals surface area contributed by atoms with Gasteiger partial charge in [-0.25, -0.2) is 0 Å². The van der Waals surface area contributed by atoms with Gasteiger partial charge >= 0.3 is 0 Å². The molecule has 0 aliphatic heterocycles. The molecule has 0 radical (unpaired) electrons. The van der Waals surface area contributed by atoms with Crippen LogP contribution in [0.1, 0.15) is 30.1 Å². The van der Waals surface area contributed by atoms with Gasteiger partial charge in [-0.05, 0) is 36.3 Å². The van der Waals surface area contributed by atoms with E-state index in [2.05, 4.69) is 6.58 Å². The predicted octanol–water partition coefficient (Wildman–Crippen LogP) is 2.93. The lowest BCUT2D eigenvalue weighted by atomic mass is 10.0. The number of hydrogen-bond donors (Lipinski definition) is 1. The maximum absolute atomic E-state index is 11.7. The largest absolute Gasteiger partial charge is 0.508 e. The molecule has 0 bridgehead atoms. The molecule has 74 valence electrons. The number of rotatable bonds is 4. The minimum atomic E-state index is -0.0353. The fourth-order valence-corrected chi connectivity index (χ4v) is 1.23. The topological polar surface area (TPSA) is 37.3 Å². The summed E-state index contributed by atoms with van der Waals surface area (Å²) in [6.07, 6.45) is 1.64. The molecule has 0 aromatic heterocycles. The molecule has 0 atom stereocenters. The monoisotopic (exact) mass is 190 g/mol. The number of phenolic OH excluding ortho intramolecular Hbond substituents is 1. The van der Waals surface area contributed by atoms with Crippen LogP contribution in [0.5, 0.6) is 5.75 Å². The van der Waals surface area contributed by atoms with Crippen LogP contribution in [0, 0.1) is 0 Å². The molecule has 0 fully saturated rings. The molecule has 0 saturated carbocycles. The first kappa shape index (κ1) is 10.5. The number of carbonyl (C=O) groups is 1. The van der Waals surface area contributed by atoms with Gasteiger partial charge in [0.25, 0.3) is 0 Å². The number of benzene rings is 1. The Kier molecular flexibility index (Phi) is 3.46. The van der Waals surface area contributed by atoms with Gasteiger partial charge in [0.2, 0.25) is 0 Å². The molecule has 0 unspecified atom stereocenters. The normalized spacial score (nSPS) is 9.79. The molecule has 0 saturated heterocycles. The van der Waals surface area contributed by atoms with Crippen molar-refractivity contribution in [2.45, 2.75) is 19.8 Å². The summed E-state index contributed by atoms with van der Waals surface area (Å²) in [6, 6.07) is 6.23. The van der Waals surface area contributed by atoms with Crippen LogP contribution >= 0.6 is 0 Å². The summed E-state index contributed by atoms with van der Waals surface area (Å²) in [5, 5.41) is 9.05. The molecule has 14 heavy (non-hydrogen) atoms. The average molecular weight is 190 g/mol. The Bertz CT molecular complexity index is 336. The minimum Gasteiger partial charge on any atom is -0.508 e. The number of carbonyl (C=O) groups excluding carboxylic acids is 1. The van der Waals surface area contributed by atoms with Gasteiger partial charge < -0.3 is 5.11 Å². The number of phenols is 1. The fourth-order valence-electron chi connectivity index (χ4n) is 1.23. The van der Waals surface area contributed by atoms with Crippen molar-refractivity contribution in [3.05, 3.63) is 42.0 Å². The van der Waals surface area contributed by atoms with Gasteiger partial charge in [0.15, 0.2) is 5.78 Å². The van der Waals surface area contributed by atoms with E-state index in [-0.39, 0.29) is 11.5 Å². The Hall–Kier alpha value is -1.57. The van der Waals surface area contributed by atoms with E-state index in [1.165, 1.54) is 12.1 Å². The second-order valence-electron chi connectivity index (χ2n) is 3.23. The van der Waals surface area contributed by atoms with Crippen LogP contribution in [0.3, 0.4) is 0 Å². The summed E-state index contributed by atoms with van der Waals surface area (Å²) >= 11 is 0. The van der Waals surface area contributed by atoms with Crippen molar-refractivity contribution in [2.75, 3.05) is 0 Å². The van der Waals surface area contributed by atoms with Gasteiger partial charge in [-0.2, -0.15) is 0 Å². The molecule has 1 N–H and O–H groups in total. The van der Waals surface area contributed by atoms with E-state index in [0.717, 1.165) is 12.8 Å². The average Bonchev–Trinajstić information content (AvgIpc) is 2.18. The molecule has 0 spiro atoms. The zero-order chi connectivity index (χ0) is 10.6. The van der Waals surface area contributed by atoms with Gasteiger partial charge in [-0.1, -0.05) is 19.9 Å². The lowest BCUT2D eigenvalue weighted by Gasteiger charge is -2.02. The predicted molar refractivity (Wildman–Crippen MR) is 56.5 cm³/mol. The molecule has 0 aliphatic rings. The zero-order valence-electron chi connectivity index (χ0n) is 8.29. The van der Waals surface area contributed by atoms with Gasteiger partial charge in [-0.3, -0.25) is 4.79 Å². The van der Waals surface area contributed by atoms with Crippen molar-refractivity contribution in [1.82, 2.24) is 0 Å². The third kappa shape index (κ3) is 2.46. The van der Waals surface area contributed by atoms with Crippen LogP contribution in [0.25, 0.3) is 0 Å². The Morgan fingerprint density at radius 3 is 2.43 bits per heavy atom. The number of Topliss-reactive ketones (excluding diaryl/α,β-unsaturated/α-hetero) is 1. The van der Waals surface area contributed by atoms with Crippen LogP contribution in [-0.4, -0.2) is 10.9 Å². The third-order valence-electron chi connectivity index (χ3n) is 2.00. The third-order valence-corrected chi connectivity index (χ3v) is 2.00. The van der Waals surface area contributed by atoms with Crippen LogP contribution in [0.2, 0.25) is 0 Å². The second-order valence-corrected chi connectivity index (χ2v) is 3.23. The number of ketones is 1. The van der Waals surface area contributed by atoms with Gasteiger partial charge in [0.05, 0.1) is 0 Å². The molecule has 1 aromatic carbocycles. The van der Waals surface area contributed by atoms with Crippen molar-refractivity contribution in [1.29, 1.82) is 0 Å². The molecule has 2 nitrogen and oxygen atoms in total. The molecule has 1 rings (SSSR count). The molecule has 0 amide bonds. The highest BCUT2D eigenvalue weighted by Crippen LogP contribution is 2.14. The highest BCUT2D eigenvalue weighted by Gasteiger charge is 2.08. The Morgan fingerprint density at radius 1 is 1.36 bits per heavy atom. The SMILES string of the molecule is C=C(CCC)C(=O)c1ccc(O)cc1. The van der Waals surface area contributed by atoms with Crippen LogP contribution < -0.4 is 0 Å². The first-order valence-corrected chi connectivity index (χ1v) is 4.66. The van der Waals surface area contributed by atoms with E-state index in [9.17, 15) is 4.79 Å². The molecular formula is C12H14O2. The van der Waals surface area contributed by atoms with Crippen molar-refractivity contribution in [2.24, 2.45) is 0 Å². The number of aromatic hydroxyl groups is 1. The molecule has 2 heteroatoms. The highest BCUT2D eigenvalue weighted by atomic mass is 16.3. The number of hydrogen-bond acceptors (Lipinski definition) is 2. The van der Waals surface area contributed by atoms with Crippen molar-refractivity contribution < 1.29 is 9.90 Å². The first-order valence-electron chi connectivity index (χ1n) is 4.66. The lowest BCUT2D eigenvalue weighted by Crippen LogP contribution is -2.01. The highest BCUT2D eigenvalue weighted by molar-refractivity contribution is 6.08. The quantitative estimate of drug-likeness (QED) is 0.585. The zero-order valence-corrected chi connectivity index (χ0v) is 8.29. The maximum Gasteiger partial charge on any atom is 0.188 e. The van der Waals surface area contributed by atoms with Gasteiger partial charge in [0, 0.05) is 5.56 Å². The standard InChI is InChI=1S/C12H14O2/c1-3-4-9(2)12(14)10-5-7-11(13)8-6-10/h5-8,13H,2-4H2,1H3. The maximum atomic E-state index is 11.7. The van der Waals surface area contributed by atoms with Crippen LogP contribution in [-0.2, 0) is 0 Å². The van der Waals surface area contributed by atoms with Crippen molar-refractivity contribution in [3.8, 4) is 5.75 Å². The molecule has 0 heterocycles. The summed E-state index contributed by atoms with van der Waals surface area (Å²) in [5.74, 6) is 0.134. The summed E-state index contributed by atoms with van der Waals surface area (Å²) in [4.78, 5) is 11.7. The molecule has 1 aromatic rings. The summed E-state index contributed by atoms with van der Waals surface area (Å²) in [7, 11) is 0. The fraction of sp³-hybridized carbons (Fsp3) is 0.250. The first-order chi connectivity index (χ1) is 6.65. The van der Waals surface area contributed by atoms with Crippen molar-refractivity contribution in [3.63, 3.8) is 0 Å². The summed E-state index contributed by atoms with van der Waals surface area (Å²) in [6.45, 7) is 5.74. The second kappa shape index (κ2) is 4.61. The van der Waals surface area contributed by atoms with E-state index < -0.39 is 0 Å². The Balaban J connectivity index is 2.79. The van der Waals surface area contributed by atoms with E-state index in [0.29, 0.717) is 11.1 Å². The smallest absolute Gasteiger partial charge is 0.188 e. The van der Waals surface area contributed by atoms with E-state index in [1.54, 1.807) is 12.1 Å². The Labute approximate surface area is 83.9 Å². The van der Waals surface area contributed by atoms with Gasteiger partial charge in [0.1, 0.15) is 5.75 Å².